The fourth-order valence-electron chi connectivity index (χ4n) is 7.06. The molecule has 0 radical (unpaired) electrons. The summed E-state index contributed by atoms with van der Waals surface area (Å²) < 4.78 is 0. The molecule has 2 aliphatic rings. The molecule has 1 unspecified atom stereocenters. The van der Waals surface area contributed by atoms with Crippen LogP contribution in [0, 0.1) is 6.92 Å². The number of rotatable bonds is 2. The van der Waals surface area contributed by atoms with Gasteiger partial charge in [0.25, 0.3) is 0 Å². The lowest BCUT2D eigenvalue weighted by atomic mass is 9.63. The molecule has 0 amide bonds. The summed E-state index contributed by atoms with van der Waals surface area (Å²) >= 11 is 0. The number of nitrogens with one attached hydrogen (secondary N) is 1. The Balaban J connectivity index is 0.000000203. The van der Waals surface area contributed by atoms with Crippen molar-refractivity contribution in [1.29, 1.82) is 0 Å². The maximum Gasteiger partial charge on any atom is 0.0488 e. The van der Waals surface area contributed by atoms with Crippen LogP contribution < -0.4 is 10.4 Å². The van der Waals surface area contributed by atoms with E-state index in [1.807, 2.05) is 12.1 Å². The first-order valence-electron chi connectivity index (χ1n) is 17.4. The largest absolute Gasteiger partial charge is 0.400 e. The van der Waals surface area contributed by atoms with Crippen LogP contribution >= 0.6 is 0 Å². The molecule has 2 N–H and O–H groups in total. The maximum atomic E-state index is 7.00. The van der Waals surface area contributed by atoms with Crippen molar-refractivity contribution in [1.82, 2.24) is 4.98 Å². The predicted octanol–water partition coefficient (Wildman–Crippen LogP) is 10.4. The summed E-state index contributed by atoms with van der Waals surface area (Å²) in [6.45, 7) is 12.9. The molecule has 6 aromatic rings. The van der Waals surface area contributed by atoms with Crippen LogP contribution in [-0.2, 0) is 11.8 Å². The van der Waals surface area contributed by atoms with E-state index >= 15 is 0 Å². The van der Waals surface area contributed by atoms with Crippen molar-refractivity contribution in [3.05, 3.63) is 221 Å². The Bertz CT molecular complexity index is 2180. The van der Waals surface area contributed by atoms with Gasteiger partial charge in [-0.1, -0.05) is 170 Å². The zero-order valence-electron chi connectivity index (χ0n) is 29.7. The van der Waals surface area contributed by atoms with Gasteiger partial charge in [-0.25, -0.2) is 0 Å². The smallest absolute Gasteiger partial charge is 0.0488 e. The number of aromatic amines is 1. The van der Waals surface area contributed by atoms with Gasteiger partial charge in [0, 0.05) is 24.4 Å². The first kappa shape index (κ1) is 36.3. The third-order valence-corrected chi connectivity index (χ3v) is 9.51. The summed E-state index contributed by atoms with van der Waals surface area (Å²) in [4.78, 5) is 3.32. The highest BCUT2D eigenvalue weighted by Crippen LogP contribution is 2.47. The first-order valence-corrected chi connectivity index (χ1v) is 17.4. The van der Waals surface area contributed by atoms with Crippen molar-refractivity contribution in [2.45, 2.75) is 25.2 Å². The highest BCUT2D eigenvalue weighted by molar-refractivity contribution is 5.72. The van der Waals surface area contributed by atoms with E-state index in [0.29, 0.717) is 0 Å². The molecular weight excluding hydrogens is 619 g/mol. The van der Waals surface area contributed by atoms with Crippen molar-refractivity contribution in [3.8, 4) is 22.4 Å². The van der Waals surface area contributed by atoms with Crippen molar-refractivity contribution in [3.63, 3.8) is 0 Å². The molecule has 51 heavy (non-hydrogen) atoms. The SMILES string of the molecule is C=C.C=C1/C=c2/cccc/c2=C/Cc2c(C)cccc2C12C/C=C\C=C/c1ccccc12.CO.c1ccc(-c2c[nH]c(-c3ccccc3)c2)cc1. The van der Waals surface area contributed by atoms with Gasteiger partial charge < -0.3 is 10.1 Å². The van der Waals surface area contributed by atoms with E-state index in [4.69, 9.17) is 11.7 Å². The number of aromatic nitrogens is 1. The summed E-state index contributed by atoms with van der Waals surface area (Å²) in [7, 11) is 1.00. The van der Waals surface area contributed by atoms with E-state index in [1.165, 1.54) is 54.9 Å². The third-order valence-electron chi connectivity index (χ3n) is 9.51. The molecule has 0 fully saturated rings. The fraction of sp³-hybridized carbons (Fsp3) is 0.102. The lowest BCUT2D eigenvalue weighted by Gasteiger charge is -2.39. The number of fused-ring (bicyclic) bond motifs is 5. The Labute approximate surface area is 303 Å². The molecule has 5 aromatic carbocycles. The van der Waals surface area contributed by atoms with E-state index in [0.717, 1.165) is 31.2 Å². The zero-order chi connectivity index (χ0) is 36.1. The molecule has 2 nitrogen and oxygen atoms in total. The molecular formula is C49H47NO. The van der Waals surface area contributed by atoms with Gasteiger partial charge in [-0.05, 0) is 86.3 Å². The molecule has 1 spiro atoms. The number of H-pyrrole nitrogens is 1. The summed E-state index contributed by atoms with van der Waals surface area (Å²) in [5.74, 6) is 0. The van der Waals surface area contributed by atoms with Crippen LogP contribution in [-0.4, -0.2) is 17.2 Å². The second-order valence-corrected chi connectivity index (χ2v) is 12.3. The van der Waals surface area contributed by atoms with Gasteiger partial charge >= 0.3 is 0 Å². The Morgan fingerprint density at radius 2 is 1.27 bits per heavy atom. The van der Waals surface area contributed by atoms with Gasteiger partial charge in [-0.3, -0.25) is 0 Å². The first-order chi connectivity index (χ1) is 25.1. The second kappa shape index (κ2) is 17.6. The van der Waals surface area contributed by atoms with E-state index in [9.17, 15) is 0 Å². The van der Waals surface area contributed by atoms with Gasteiger partial charge in [-0.2, -0.15) is 0 Å². The number of aliphatic hydroxyl groups excluding tert-OH is 1. The number of aryl methyl sites for hydroxylation is 1. The van der Waals surface area contributed by atoms with E-state index in [-0.39, 0.29) is 5.41 Å². The summed E-state index contributed by atoms with van der Waals surface area (Å²) in [5.41, 5.74) is 12.4. The van der Waals surface area contributed by atoms with Crippen LogP contribution in [0.25, 0.3) is 40.6 Å². The van der Waals surface area contributed by atoms with Crippen LogP contribution in [0.3, 0.4) is 0 Å². The summed E-state index contributed by atoms with van der Waals surface area (Å²) in [6, 6.07) is 47.2. The van der Waals surface area contributed by atoms with Crippen LogP contribution in [0.5, 0.6) is 0 Å². The van der Waals surface area contributed by atoms with Gasteiger partial charge in [0.2, 0.25) is 0 Å². The summed E-state index contributed by atoms with van der Waals surface area (Å²) in [5, 5.41) is 9.52. The van der Waals surface area contributed by atoms with Gasteiger partial charge in [-0.15, -0.1) is 13.2 Å². The van der Waals surface area contributed by atoms with E-state index in [1.54, 1.807) is 0 Å². The Morgan fingerprint density at radius 3 is 2.02 bits per heavy atom. The third kappa shape index (κ3) is 7.94. The molecule has 1 heterocycles. The van der Waals surface area contributed by atoms with Crippen LogP contribution in [0.2, 0.25) is 0 Å². The van der Waals surface area contributed by atoms with E-state index in [2.05, 4.69) is 189 Å². The molecule has 1 atom stereocenters. The van der Waals surface area contributed by atoms with Gasteiger partial charge in [0.15, 0.2) is 0 Å². The van der Waals surface area contributed by atoms with Crippen LogP contribution in [0.15, 0.2) is 183 Å². The molecule has 0 bridgehead atoms. The minimum Gasteiger partial charge on any atom is -0.400 e. The average molecular weight is 666 g/mol. The summed E-state index contributed by atoms with van der Waals surface area (Å²) in [6.07, 6.45) is 17.4. The maximum absolute atomic E-state index is 7.00. The molecule has 0 saturated carbocycles. The second-order valence-electron chi connectivity index (χ2n) is 12.3. The number of benzene rings is 5. The standard InChI is InChI=1S/C30H26.C16H13N.C2H4.CH4O/c1-22-11-10-17-29-27(22)19-18-24-12-5-6-15-26(24)21-23(2)30(29)20-9-3-4-13-25-14-7-8-16-28(25)30;1-3-7-13(8-4-1)15-11-16(17-12-15)14-9-5-2-6-10-14;2*1-2/h3-18,21H,2,19-20H2,1H3;1-12,17H;1-2H2;2H,1H3/b9-3-,13-4-,24-18-,26-21-;;;. The molecule has 254 valence electrons. The highest BCUT2D eigenvalue weighted by atomic mass is 16.2. The minimum atomic E-state index is -0.301. The number of allylic oxidation sites excluding steroid dienone is 4. The zero-order valence-corrected chi connectivity index (χ0v) is 29.7. The molecule has 0 saturated heterocycles. The van der Waals surface area contributed by atoms with Crippen LogP contribution in [0.4, 0.5) is 0 Å². The number of hydrogen-bond donors (Lipinski definition) is 2. The van der Waals surface area contributed by atoms with E-state index < -0.39 is 0 Å². The topological polar surface area (TPSA) is 36.0 Å². The lowest BCUT2D eigenvalue weighted by Crippen LogP contribution is -2.32. The molecule has 1 aromatic heterocycles. The predicted molar refractivity (Wildman–Crippen MR) is 220 cm³/mol. The van der Waals surface area contributed by atoms with Crippen molar-refractivity contribution in [2.75, 3.05) is 7.11 Å². The molecule has 8 rings (SSSR count). The molecule has 0 aliphatic heterocycles. The number of aliphatic hydroxyl groups is 1. The Hall–Kier alpha value is -5.96. The van der Waals surface area contributed by atoms with Crippen molar-refractivity contribution in [2.24, 2.45) is 0 Å². The van der Waals surface area contributed by atoms with Gasteiger partial charge in [0.05, 0.1) is 0 Å². The van der Waals surface area contributed by atoms with Crippen molar-refractivity contribution >= 4 is 18.2 Å². The lowest BCUT2D eigenvalue weighted by molar-refractivity contribution is 0.399. The quantitative estimate of drug-likeness (QED) is 0.178. The normalized spacial score (nSPS) is 17.8. The number of hydrogen-bond acceptors (Lipinski definition) is 1. The molecule has 2 aliphatic carbocycles. The Kier molecular flexibility index (Phi) is 12.6. The highest BCUT2D eigenvalue weighted by Gasteiger charge is 2.39. The minimum absolute atomic E-state index is 0.301. The fourth-order valence-corrected chi connectivity index (χ4v) is 7.06. The van der Waals surface area contributed by atoms with Gasteiger partial charge in [0.1, 0.15) is 0 Å². The van der Waals surface area contributed by atoms with Crippen LogP contribution in [0.1, 0.15) is 34.2 Å². The van der Waals surface area contributed by atoms with Crippen molar-refractivity contribution < 1.29 is 5.11 Å². The average Bonchev–Trinajstić information content (AvgIpc) is 3.70. The molecule has 2 heteroatoms. The monoisotopic (exact) mass is 665 g/mol. The Morgan fingerprint density at radius 1 is 0.647 bits per heavy atom.